The Morgan fingerprint density at radius 3 is 3.00 bits per heavy atom. The van der Waals surface area contributed by atoms with Gasteiger partial charge >= 0.3 is 5.97 Å². The van der Waals surface area contributed by atoms with Crippen molar-refractivity contribution in [3.05, 3.63) is 0 Å². The van der Waals surface area contributed by atoms with Crippen LogP contribution in [0.5, 0.6) is 0 Å². The molecule has 0 spiro atoms. The average Bonchev–Trinajstić information content (AvgIpc) is 2.72. The lowest BCUT2D eigenvalue weighted by molar-refractivity contribution is -0.142. The standard InChI is InChI=1S/C9H15NO3/c1-2-7-8(13-7)10-5-3-4-6(10)9(11)12/h6-8H,2-5H2,1H3,(H,11,12)/t6-,7?,8?/m0/s1. The molecule has 0 amide bonds. The summed E-state index contributed by atoms with van der Waals surface area (Å²) in [5.41, 5.74) is 0. The van der Waals surface area contributed by atoms with Crippen LogP contribution in [-0.4, -0.2) is 40.9 Å². The van der Waals surface area contributed by atoms with Gasteiger partial charge in [-0.15, -0.1) is 0 Å². The smallest absolute Gasteiger partial charge is 0.320 e. The highest BCUT2D eigenvalue weighted by molar-refractivity contribution is 5.73. The van der Waals surface area contributed by atoms with E-state index in [9.17, 15) is 4.79 Å². The highest BCUT2D eigenvalue weighted by Gasteiger charge is 2.48. The van der Waals surface area contributed by atoms with E-state index in [2.05, 4.69) is 6.92 Å². The number of rotatable bonds is 3. The molecule has 3 atom stereocenters. The number of ether oxygens (including phenoxy) is 1. The van der Waals surface area contributed by atoms with Crippen LogP contribution in [0.3, 0.4) is 0 Å². The Morgan fingerprint density at radius 2 is 2.46 bits per heavy atom. The first-order valence-corrected chi connectivity index (χ1v) is 4.88. The van der Waals surface area contributed by atoms with Gasteiger partial charge < -0.3 is 9.84 Å². The Labute approximate surface area is 77.5 Å². The van der Waals surface area contributed by atoms with Crippen molar-refractivity contribution < 1.29 is 14.6 Å². The summed E-state index contributed by atoms with van der Waals surface area (Å²) in [5, 5.41) is 8.92. The van der Waals surface area contributed by atoms with Gasteiger partial charge in [0.15, 0.2) is 0 Å². The molecule has 13 heavy (non-hydrogen) atoms. The van der Waals surface area contributed by atoms with Crippen LogP contribution < -0.4 is 0 Å². The fourth-order valence-corrected chi connectivity index (χ4v) is 2.08. The Kier molecular flexibility index (Phi) is 2.26. The van der Waals surface area contributed by atoms with Crippen LogP contribution >= 0.6 is 0 Å². The summed E-state index contributed by atoms with van der Waals surface area (Å²) in [6, 6.07) is -0.304. The number of epoxide rings is 1. The third-order valence-corrected chi connectivity index (χ3v) is 2.86. The molecule has 2 unspecified atom stereocenters. The van der Waals surface area contributed by atoms with Gasteiger partial charge in [-0.05, 0) is 19.3 Å². The maximum atomic E-state index is 10.8. The SMILES string of the molecule is CCC1OC1N1CCC[C@H]1C(=O)O. The monoisotopic (exact) mass is 185 g/mol. The van der Waals surface area contributed by atoms with E-state index in [1.807, 2.05) is 4.90 Å². The highest BCUT2D eigenvalue weighted by Crippen LogP contribution is 2.34. The molecule has 4 heteroatoms. The van der Waals surface area contributed by atoms with Gasteiger partial charge in [-0.25, -0.2) is 0 Å². The number of carboxylic acids is 1. The molecular formula is C9H15NO3. The molecule has 2 aliphatic rings. The maximum Gasteiger partial charge on any atom is 0.320 e. The molecule has 2 fully saturated rings. The predicted octanol–water partition coefficient (Wildman–Crippen LogP) is 0.670. The lowest BCUT2D eigenvalue weighted by Crippen LogP contribution is -2.38. The first-order chi connectivity index (χ1) is 6.24. The van der Waals surface area contributed by atoms with E-state index in [0.717, 1.165) is 25.8 Å². The van der Waals surface area contributed by atoms with Crippen molar-refractivity contribution in [1.82, 2.24) is 4.90 Å². The Bertz CT molecular complexity index is 219. The van der Waals surface area contributed by atoms with Crippen LogP contribution in [0.1, 0.15) is 26.2 Å². The van der Waals surface area contributed by atoms with E-state index in [-0.39, 0.29) is 18.4 Å². The molecule has 4 nitrogen and oxygen atoms in total. The van der Waals surface area contributed by atoms with Crippen molar-refractivity contribution in [2.45, 2.75) is 44.6 Å². The lowest BCUT2D eigenvalue weighted by Gasteiger charge is -2.18. The van der Waals surface area contributed by atoms with Crippen LogP contribution in [0, 0.1) is 0 Å². The number of aliphatic carboxylic acids is 1. The first-order valence-electron chi connectivity index (χ1n) is 4.88. The average molecular weight is 185 g/mol. The number of nitrogens with zero attached hydrogens (tertiary/aromatic N) is 1. The van der Waals surface area contributed by atoms with Gasteiger partial charge in [0.25, 0.3) is 0 Å². The van der Waals surface area contributed by atoms with Crippen LogP contribution in [0.4, 0.5) is 0 Å². The second-order valence-electron chi connectivity index (χ2n) is 3.71. The number of carboxylic acid groups (broad SMARTS) is 1. The summed E-state index contributed by atoms with van der Waals surface area (Å²) >= 11 is 0. The number of carbonyl (C=O) groups is 1. The van der Waals surface area contributed by atoms with Crippen molar-refractivity contribution in [1.29, 1.82) is 0 Å². The van der Waals surface area contributed by atoms with Crippen molar-refractivity contribution in [3.8, 4) is 0 Å². The number of likely N-dealkylation sites (tertiary alicyclic amines) is 1. The summed E-state index contributed by atoms with van der Waals surface area (Å²) in [4.78, 5) is 12.8. The molecule has 2 saturated heterocycles. The van der Waals surface area contributed by atoms with Gasteiger partial charge in [-0.1, -0.05) is 6.92 Å². The van der Waals surface area contributed by atoms with E-state index in [1.165, 1.54) is 0 Å². The van der Waals surface area contributed by atoms with Crippen LogP contribution in [0.2, 0.25) is 0 Å². The molecule has 2 aliphatic heterocycles. The molecule has 0 bridgehead atoms. The Hall–Kier alpha value is -0.610. The molecule has 0 aromatic heterocycles. The largest absolute Gasteiger partial charge is 0.480 e. The molecule has 0 aliphatic carbocycles. The second-order valence-corrected chi connectivity index (χ2v) is 3.71. The fraction of sp³-hybridized carbons (Fsp3) is 0.889. The molecule has 0 radical (unpaired) electrons. The maximum absolute atomic E-state index is 10.8. The topological polar surface area (TPSA) is 53.1 Å². The highest BCUT2D eigenvalue weighted by atomic mass is 16.6. The first kappa shape index (κ1) is 8.97. The zero-order chi connectivity index (χ0) is 9.42. The van der Waals surface area contributed by atoms with Crippen LogP contribution in [0.25, 0.3) is 0 Å². The summed E-state index contributed by atoms with van der Waals surface area (Å²) in [7, 11) is 0. The third-order valence-electron chi connectivity index (χ3n) is 2.86. The second kappa shape index (κ2) is 3.27. The van der Waals surface area contributed by atoms with Gasteiger partial charge in [0.05, 0.1) is 6.10 Å². The molecule has 0 saturated carbocycles. The summed E-state index contributed by atoms with van der Waals surface area (Å²) in [6.07, 6.45) is 3.10. The Morgan fingerprint density at radius 1 is 1.69 bits per heavy atom. The van der Waals surface area contributed by atoms with Gasteiger partial charge in [-0.3, -0.25) is 9.69 Å². The van der Waals surface area contributed by atoms with Gasteiger partial charge in [0.1, 0.15) is 12.3 Å². The normalized spacial score (nSPS) is 39.3. The number of hydrogen-bond acceptors (Lipinski definition) is 3. The molecule has 2 rings (SSSR count). The summed E-state index contributed by atoms with van der Waals surface area (Å²) in [6.45, 7) is 2.94. The lowest BCUT2D eigenvalue weighted by atomic mass is 10.2. The quantitative estimate of drug-likeness (QED) is 0.656. The van der Waals surface area contributed by atoms with Crippen molar-refractivity contribution >= 4 is 5.97 Å². The fourth-order valence-electron chi connectivity index (χ4n) is 2.08. The van der Waals surface area contributed by atoms with E-state index in [0.29, 0.717) is 0 Å². The predicted molar refractivity (Wildman–Crippen MR) is 46.3 cm³/mol. The minimum absolute atomic E-state index is 0.0913. The zero-order valence-corrected chi connectivity index (χ0v) is 7.77. The summed E-state index contributed by atoms with van der Waals surface area (Å²) < 4.78 is 5.39. The van der Waals surface area contributed by atoms with Crippen molar-refractivity contribution in [2.24, 2.45) is 0 Å². The third kappa shape index (κ3) is 1.56. The van der Waals surface area contributed by atoms with E-state index in [4.69, 9.17) is 9.84 Å². The van der Waals surface area contributed by atoms with E-state index in [1.54, 1.807) is 0 Å². The van der Waals surface area contributed by atoms with Gasteiger partial charge in [0.2, 0.25) is 0 Å². The molecule has 1 N–H and O–H groups in total. The van der Waals surface area contributed by atoms with Crippen LogP contribution in [0.15, 0.2) is 0 Å². The zero-order valence-electron chi connectivity index (χ0n) is 7.77. The van der Waals surface area contributed by atoms with Gasteiger partial charge in [0, 0.05) is 6.54 Å². The minimum Gasteiger partial charge on any atom is -0.480 e. The molecule has 74 valence electrons. The molecular weight excluding hydrogens is 170 g/mol. The molecule has 0 aromatic rings. The molecule has 0 aromatic carbocycles. The summed E-state index contributed by atoms with van der Waals surface area (Å²) in [5.74, 6) is -0.706. The number of hydrogen-bond donors (Lipinski definition) is 1. The van der Waals surface area contributed by atoms with Crippen LogP contribution in [-0.2, 0) is 9.53 Å². The van der Waals surface area contributed by atoms with Crippen molar-refractivity contribution in [2.75, 3.05) is 6.54 Å². The minimum atomic E-state index is -0.706. The van der Waals surface area contributed by atoms with E-state index >= 15 is 0 Å². The Balaban J connectivity index is 1.95. The molecule has 2 heterocycles. The van der Waals surface area contributed by atoms with E-state index < -0.39 is 5.97 Å². The van der Waals surface area contributed by atoms with Gasteiger partial charge in [-0.2, -0.15) is 0 Å². The van der Waals surface area contributed by atoms with Crippen molar-refractivity contribution in [3.63, 3.8) is 0 Å².